The van der Waals surface area contributed by atoms with Crippen molar-refractivity contribution in [1.82, 2.24) is 9.55 Å². The number of nitrogens with zero attached hydrogens (tertiary/aromatic N) is 4. The van der Waals surface area contributed by atoms with Gasteiger partial charge >= 0.3 is 12.0 Å². The minimum absolute atomic E-state index is 0.0226. The van der Waals surface area contributed by atoms with Gasteiger partial charge in [-0.1, -0.05) is 12.1 Å². The third-order valence-corrected chi connectivity index (χ3v) is 5.09. The maximum absolute atomic E-state index is 14.4. The van der Waals surface area contributed by atoms with Gasteiger partial charge < -0.3 is 9.84 Å². The van der Waals surface area contributed by atoms with Crippen molar-refractivity contribution in [3.05, 3.63) is 63.7 Å². The molecule has 0 bridgehead atoms. The molecule has 1 aliphatic rings. The van der Waals surface area contributed by atoms with Gasteiger partial charge in [0.1, 0.15) is 5.82 Å². The Balaban J connectivity index is 1.88. The number of aliphatic hydroxyl groups is 1. The molecule has 0 saturated carbocycles. The molecule has 2 heterocycles. The summed E-state index contributed by atoms with van der Waals surface area (Å²) in [5.74, 6) is -1.91. The summed E-state index contributed by atoms with van der Waals surface area (Å²) in [5, 5.41) is 19.3. The first-order valence-electron chi connectivity index (χ1n) is 9.23. The number of fused-ring (bicyclic) bond motifs is 2. The average molecular weight is 426 g/mol. The summed E-state index contributed by atoms with van der Waals surface area (Å²) in [7, 11) is 1.42. The molecular weight excluding hydrogens is 410 g/mol. The molecule has 1 atom stereocenters. The Hall–Kier alpha value is -3.84. The van der Waals surface area contributed by atoms with Gasteiger partial charge in [0.15, 0.2) is 5.75 Å². The van der Waals surface area contributed by atoms with E-state index in [0.29, 0.717) is 0 Å². The van der Waals surface area contributed by atoms with Crippen LogP contribution in [0.25, 0.3) is 10.9 Å². The zero-order valence-electron chi connectivity index (χ0n) is 16.5. The van der Waals surface area contributed by atoms with E-state index in [9.17, 15) is 23.5 Å². The van der Waals surface area contributed by atoms with Crippen molar-refractivity contribution >= 4 is 22.5 Å². The number of aromatic nitrogens is 2. The Kier molecular flexibility index (Phi) is 4.71. The maximum Gasteiger partial charge on any atom is 0.483 e. The standard InChI is InChI=1S/C21H16F2N4O4/c1-11(28)13-4-3-5-16-18(13)31-21(22,23)20(30)27(16)10-17-25-15-8-12(9-24)6-7-14(15)19(29)26(17)2/h3-8,11,28H,10H2,1-2H3/t11-/m0/s1. The fraction of sp³-hybridized carbons (Fsp3) is 0.238. The van der Waals surface area contributed by atoms with Crippen LogP contribution in [0, 0.1) is 11.3 Å². The first kappa shape index (κ1) is 20.4. The summed E-state index contributed by atoms with van der Waals surface area (Å²) < 4.78 is 34.6. The number of hydrogen-bond donors (Lipinski definition) is 1. The zero-order chi connectivity index (χ0) is 22.5. The number of alkyl halides is 2. The lowest BCUT2D eigenvalue weighted by molar-refractivity contribution is -0.193. The van der Waals surface area contributed by atoms with E-state index in [1.165, 1.54) is 50.4 Å². The molecule has 0 unspecified atom stereocenters. The highest BCUT2D eigenvalue weighted by atomic mass is 19.3. The monoisotopic (exact) mass is 426 g/mol. The van der Waals surface area contributed by atoms with Gasteiger partial charge in [-0.3, -0.25) is 19.1 Å². The molecule has 0 fully saturated rings. The van der Waals surface area contributed by atoms with Crippen molar-refractivity contribution < 1.29 is 23.4 Å². The van der Waals surface area contributed by atoms with Gasteiger partial charge in [0.05, 0.1) is 40.9 Å². The smallest absolute Gasteiger partial charge is 0.423 e. The van der Waals surface area contributed by atoms with Crippen LogP contribution in [0.3, 0.4) is 0 Å². The Morgan fingerprint density at radius 1 is 1.29 bits per heavy atom. The molecule has 4 rings (SSSR count). The molecular formula is C21H16F2N4O4. The van der Waals surface area contributed by atoms with Crippen LogP contribution in [-0.4, -0.2) is 26.7 Å². The summed E-state index contributed by atoms with van der Waals surface area (Å²) in [6, 6.07) is 10.6. The molecule has 1 aromatic heterocycles. The number of ether oxygens (including phenoxy) is 1. The normalized spacial score (nSPS) is 15.9. The quantitative estimate of drug-likeness (QED) is 0.689. The molecule has 0 radical (unpaired) electrons. The van der Waals surface area contributed by atoms with Crippen molar-refractivity contribution in [2.75, 3.05) is 4.90 Å². The number of hydrogen-bond acceptors (Lipinski definition) is 6. The van der Waals surface area contributed by atoms with Crippen LogP contribution in [0.5, 0.6) is 5.75 Å². The summed E-state index contributed by atoms with van der Waals surface area (Å²) in [5.41, 5.74) is 0.153. The number of carbonyl (C=O) groups excluding carboxylic acids is 1. The topological polar surface area (TPSA) is 108 Å². The fourth-order valence-electron chi connectivity index (χ4n) is 3.46. The van der Waals surface area contributed by atoms with Gasteiger partial charge in [-0.25, -0.2) is 4.98 Å². The third-order valence-electron chi connectivity index (χ3n) is 5.09. The number of rotatable bonds is 3. The highest BCUT2D eigenvalue weighted by Gasteiger charge is 2.51. The van der Waals surface area contributed by atoms with E-state index in [2.05, 4.69) is 9.72 Å². The Bertz CT molecular complexity index is 1330. The number of nitriles is 1. The van der Waals surface area contributed by atoms with E-state index < -0.39 is 30.2 Å². The Morgan fingerprint density at radius 3 is 2.71 bits per heavy atom. The lowest BCUT2D eigenvalue weighted by atomic mass is 10.1. The van der Waals surface area contributed by atoms with Crippen molar-refractivity contribution in [3.63, 3.8) is 0 Å². The van der Waals surface area contributed by atoms with Crippen LogP contribution in [0.1, 0.15) is 30.0 Å². The SMILES string of the molecule is C[C@H](O)c1cccc2c1OC(F)(F)C(=O)N2Cc1nc2cc(C#N)ccc2c(=O)n1C. The fourth-order valence-corrected chi connectivity index (χ4v) is 3.46. The van der Waals surface area contributed by atoms with Crippen molar-refractivity contribution in [2.24, 2.45) is 7.05 Å². The van der Waals surface area contributed by atoms with Crippen molar-refractivity contribution in [3.8, 4) is 11.8 Å². The number of halogens is 2. The predicted octanol–water partition coefficient (Wildman–Crippen LogP) is 2.38. The number of para-hydroxylation sites is 1. The number of amides is 1. The summed E-state index contributed by atoms with van der Waals surface area (Å²) in [4.78, 5) is 30.3. The second kappa shape index (κ2) is 7.14. The molecule has 1 amide bonds. The van der Waals surface area contributed by atoms with Crippen LogP contribution in [0.4, 0.5) is 14.5 Å². The van der Waals surface area contributed by atoms with E-state index >= 15 is 0 Å². The lowest BCUT2D eigenvalue weighted by Crippen LogP contribution is -2.51. The minimum Gasteiger partial charge on any atom is -0.423 e. The van der Waals surface area contributed by atoms with E-state index in [0.717, 1.165) is 9.47 Å². The molecule has 158 valence electrons. The van der Waals surface area contributed by atoms with Crippen LogP contribution in [0.2, 0.25) is 0 Å². The van der Waals surface area contributed by atoms with Gasteiger partial charge in [0.25, 0.3) is 5.56 Å². The van der Waals surface area contributed by atoms with Gasteiger partial charge in [-0.2, -0.15) is 14.0 Å². The van der Waals surface area contributed by atoms with E-state index in [4.69, 9.17) is 5.26 Å². The molecule has 31 heavy (non-hydrogen) atoms. The van der Waals surface area contributed by atoms with Gasteiger partial charge in [-0.15, -0.1) is 0 Å². The Labute approximate surface area is 174 Å². The van der Waals surface area contributed by atoms with Crippen LogP contribution in [-0.2, 0) is 18.4 Å². The van der Waals surface area contributed by atoms with Crippen molar-refractivity contribution in [2.45, 2.75) is 25.7 Å². The average Bonchev–Trinajstić information content (AvgIpc) is 2.73. The number of benzene rings is 2. The molecule has 10 heteroatoms. The number of anilines is 1. The summed E-state index contributed by atoms with van der Waals surface area (Å²) in [6.45, 7) is 0.936. The molecule has 0 spiro atoms. The number of carbonyl (C=O) groups is 1. The van der Waals surface area contributed by atoms with Gasteiger partial charge in [-0.05, 0) is 31.2 Å². The van der Waals surface area contributed by atoms with Crippen LogP contribution in [0.15, 0.2) is 41.2 Å². The van der Waals surface area contributed by atoms with E-state index in [1.807, 2.05) is 6.07 Å². The summed E-state index contributed by atoms with van der Waals surface area (Å²) in [6.07, 6.45) is -5.28. The Morgan fingerprint density at radius 2 is 2.03 bits per heavy atom. The number of aliphatic hydroxyl groups excluding tert-OH is 1. The largest absolute Gasteiger partial charge is 0.483 e. The molecule has 0 aliphatic carbocycles. The van der Waals surface area contributed by atoms with Crippen LogP contribution < -0.4 is 15.2 Å². The zero-order valence-corrected chi connectivity index (χ0v) is 16.5. The molecule has 3 aromatic rings. The lowest BCUT2D eigenvalue weighted by Gasteiger charge is -2.34. The highest BCUT2D eigenvalue weighted by Crippen LogP contribution is 2.44. The third kappa shape index (κ3) is 3.29. The maximum atomic E-state index is 14.4. The predicted molar refractivity (Wildman–Crippen MR) is 106 cm³/mol. The minimum atomic E-state index is -4.16. The molecule has 2 aromatic carbocycles. The summed E-state index contributed by atoms with van der Waals surface area (Å²) >= 11 is 0. The molecule has 1 aliphatic heterocycles. The van der Waals surface area contributed by atoms with E-state index in [-0.39, 0.29) is 39.3 Å². The molecule has 0 saturated heterocycles. The first-order chi connectivity index (χ1) is 14.6. The van der Waals surface area contributed by atoms with Gasteiger partial charge in [0, 0.05) is 12.6 Å². The second-order valence-electron chi connectivity index (χ2n) is 7.12. The highest BCUT2D eigenvalue weighted by molar-refractivity contribution is 6.01. The molecule has 8 nitrogen and oxygen atoms in total. The first-order valence-corrected chi connectivity index (χ1v) is 9.23. The van der Waals surface area contributed by atoms with Crippen molar-refractivity contribution in [1.29, 1.82) is 5.26 Å². The van der Waals surface area contributed by atoms with Crippen LogP contribution >= 0.6 is 0 Å². The second-order valence-corrected chi connectivity index (χ2v) is 7.12. The van der Waals surface area contributed by atoms with Gasteiger partial charge in [0.2, 0.25) is 0 Å². The van der Waals surface area contributed by atoms with E-state index in [1.54, 1.807) is 0 Å². The molecule has 1 N–H and O–H groups in total.